The predicted octanol–water partition coefficient (Wildman–Crippen LogP) is -0.957. The van der Waals surface area contributed by atoms with Gasteiger partial charge in [0.2, 0.25) is 0 Å². The maximum Gasteiger partial charge on any atom is 0.503 e. The number of carboxylic acid groups (broad SMARTS) is 2. The summed E-state index contributed by atoms with van der Waals surface area (Å²) in [5.41, 5.74) is 0. The Hall–Kier alpha value is -1.67. The Morgan fingerprint density at radius 3 is 1.40 bits per heavy atom. The van der Waals surface area contributed by atoms with E-state index in [0.717, 1.165) is 0 Å². The summed E-state index contributed by atoms with van der Waals surface area (Å²) < 4.78 is 4.08. The first-order chi connectivity index (χ1) is 6.93. The van der Waals surface area contributed by atoms with Gasteiger partial charge in [-0.2, -0.15) is 0 Å². The largest absolute Gasteiger partial charge is 0.503 e. The third kappa shape index (κ3) is 19.0. The minimum absolute atomic E-state index is 0.125. The zero-order valence-corrected chi connectivity index (χ0v) is 7.75. The van der Waals surface area contributed by atoms with Crippen molar-refractivity contribution in [2.45, 2.75) is 12.8 Å². The molecule has 8 heteroatoms. The normalized spacial score (nSPS) is 12.9. The number of rotatable bonds is 1. The van der Waals surface area contributed by atoms with Crippen molar-refractivity contribution in [3.05, 3.63) is 0 Å². The molecule has 15 heavy (non-hydrogen) atoms. The number of cyclic esters (lactones) is 2. The second-order valence-corrected chi connectivity index (χ2v) is 2.08. The van der Waals surface area contributed by atoms with Gasteiger partial charge < -0.3 is 25.2 Å². The summed E-state index contributed by atoms with van der Waals surface area (Å²) in [6.45, 7) is -0.250. The van der Waals surface area contributed by atoms with Gasteiger partial charge in [0.25, 0.3) is 0 Å². The third-order valence-corrected chi connectivity index (χ3v) is 0.861. The van der Waals surface area contributed by atoms with E-state index >= 15 is 0 Å². The van der Waals surface area contributed by atoms with Crippen molar-refractivity contribution in [1.29, 1.82) is 0 Å². The Balaban J connectivity index is 0. The first-order valence-electron chi connectivity index (χ1n) is 3.81. The molecule has 1 aliphatic rings. The van der Waals surface area contributed by atoms with E-state index in [2.05, 4.69) is 4.74 Å². The van der Waals surface area contributed by atoms with Gasteiger partial charge in [-0.3, -0.25) is 9.59 Å². The van der Waals surface area contributed by atoms with E-state index in [-0.39, 0.29) is 26.1 Å². The van der Waals surface area contributed by atoms with Crippen LogP contribution in [0.4, 0.5) is 4.79 Å². The number of ether oxygens (including phenoxy) is 1. The zero-order chi connectivity index (χ0) is 12.3. The molecular weight excluding hydrogens is 212 g/mol. The van der Waals surface area contributed by atoms with Crippen LogP contribution in [0.3, 0.4) is 0 Å². The molecule has 88 valence electrons. The van der Waals surface area contributed by atoms with E-state index in [0.29, 0.717) is 0 Å². The first kappa shape index (κ1) is 15.8. The second-order valence-electron chi connectivity index (χ2n) is 2.08. The monoisotopic (exact) mass is 224 g/mol. The van der Waals surface area contributed by atoms with Gasteiger partial charge in [0.1, 0.15) is 0 Å². The standard InChI is InChI=1S/C4H4O3.C2H6O2.CH2O3/c5-3-1-2-4(6)7-3;3-1-2-4;2-1(3)4/h1-2H2;3-4H,1-2H2;(H2,2,3,4). The fourth-order valence-electron chi connectivity index (χ4n) is 0.433. The van der Waals surface area contributed by atoms with Crippen molar-refractivity contribution >= 4 is 18.1 Å². The summed E-state index contributed by atoms with van der Waals surface area (Å²) in [5, 5.41) is 29.2. The van der Waals surface area contributed by atoms with Crippen LogP contribution in [0.5, 0.6) is 0 Å². The number of carbonyl (C=O) groups excluding carboxylic acids is 2. The highest BCUT2D eigenvalue weighted by Gasteiger charge is 2.19. The molecule has 0 aliphatic carbocycles. The minimum Gasteiger partial charge on any atom is -0.450 e. The SMILES string of the molecule is O=C(O)O.O=C1CCC(=O)O1.OCCO. The Kier molecular flexibility index (Phi) is 11.0. The Morgan fingerprint density at radius 1 is 1.07 bits per heavy atom. The van der Waals surface area contributed by atoms with Crippen LogP contribution in [0.25, 0.3) is 0 Å². The van der Waals surface area contributed by atoms with Crippen molar-refractivity contribution in [3.8, 4) is 0 Å². The van der Waals surface area contributed by atoms with Gasteiger partial charge in [0.15, 0.2) is 0 Å². The smallest absolute Gasteiger partial charge is 0.450 e. The van der Waals surface area contributed by atoms with E-state index in [4.69, 9.17) is 25.2 Å². The number of hydrogen-bond donors (Lipinski definition) is 4. The first-order valence-corrected chi connectivity index (χ1v) is 3.81. The van der Waals surface area contributed by atoms with Crippen LogP contribution in [0.15, 0.2) is 0 Å². The van der Waals surface area contributed by atoms with Crippen LogP contribution in [0, 0.1) is 0 Å². The molecule has 0 amide bonds. The van der Waals surface area contributed by atoms with Crippen molar-refractivity contribution in [1.82, 2.24) is 0 Å². The van der Waals surface area contributed by atoms with Crippen LogP contribution >= 0.6 is 0 Å². The van der Waals surface area contributed by atoms with Gasteiger partial charge in [-0.1, -0.05) is 0 Å². The maximum absolute atomic E-state index is 10.0. The highest BCUT2D eigenvalue weighted by Crippen LogP contribution is 2.03. The molecule has 4 N–H and O–H groups in total. The molecule has 0 unspecified atom stereocenters. The molecule has 1 rings (SSSR count). The van der Waals surface area contributed by atoms with E-state index in [9.17, 15) is 9.59 Å². The van der Waals surface area contributed by atoms with Gasteiger partial charge in [-0.15, -0.1) is 0 Å². The minimum atomic E-state index is -1.83. The van der Waals surface area contributed by atoms with Crippen molar-refractivity contribution in [2.24, 2.45) is 0 Å². The fourth-order valence-corrected chi connectivity index (χ4v) is 0.433. The summed E-state index contributed by atoms with van der Waals surface area (Å²) in [5.74, 6) is -0.796. The molecule has 0 spiro atoms. The van der Waals surface area contributed by atoms with Gasteiger partial charge >= 0.3 is 18.1 Å². The molecule has 1 heterocycles. The van der Waals surface area contributed by atoms with Crippen LogP contribution < -0.4 is 0 Å². The fraction of sp³-hybridized carbons (Fsp3) is 0.571. The van der Waals surface area contributed by atoms with E-state index in [1.54, 1.807) is 0 Å². The van der Waals surface area contributed by atoms with Crippen LogP contribution in [-0.2, 0) is 14.3 Å². The topological polar surface area (TPSA) is 141 Å². The highest BCUT2D eigenvalue weighted by molar-refractivity contribution is 5.92. The summed E-state index contributed by atoms with van der Waals surface area (Å²) in [6, 6.07) is 0. The van der Waals surface area contributed by atoms with Crippen molar-refractivity contribution in [2.75, 3.05) is 13.2 Å². The lowest BCUT2D eigenvalue weighted by Crippen LogP contribution is -1.94. The van der Waals surface area contributed by atoms with Gasteiger partial charge in [-0.05, 0) is 0 Å². The summed E-state index contributed by atoms with van der Waals surface area (Å²) in [4.78, 5) is 28.6. The summed E-state index contributed by atoms with van der Waals surface area (Å²) in [7, 11) is 0. The molecule has 0 aromatic heterocycles. The molecule has 0 bridgehead atoms. The number of esters is 2. The van der Waals surface area contributed by atoms with Crippen LogP contribution in [0.2, 0.25) is 0 Å². The van der Waals surface area contributed by atoms with Crippen LogP contribution in [0.1, 0.15) is 12.8 Å². The summed E-state index contributed by atoms with van der Waals surface area (Å²) in [6.07, 6.45) is -1.31. The lowest BCUT2D eigenvalue weighted by Gasteiger charge is -1.79. The van der Waals surface area contributed by atoms with Crippen molar-refractivity contribution < 1.29 is 39.5 Å². The van der Waals surface area contributed by atoms with Crippen molar-refractivity contribution in [3.63, 3.8) is 0 Å². The molecule has 1 saturated heterocycles. The molecular formula is C7H12O8. The number of hydrogen-bond acceptors (Lipinski definition) is 6. The molecule has 8 nitrogen and oxygen atoms in total. The number of carbonyl (C=O) groups is 3. The second kappa shape index (κ2) is 10.4. The van der Waals surface area contributed by atoms with E-state index < -0.39 is 18.1 Å². The number of aliphatic hydroxyl groups excluding tert-OH is 2. The predicted molar refractivity (Wildman–Crippen MR) is 45.2 cm³/mol. The molecule has 0 atom stereocenters. The van der Waals surface area contributed by atoms with Gasteiger partial charge in [0.05, 0.1) is 26.1 Å². The molecule has 0 radical (unpaired) electrons. The van der Waals surface area contributed by atoms with E-state index in [1.807, 2.05) is 0 Å². The average Bonchev–Trinajstić information content (AvgIpc) is 2.49. The Bertz CT molecular complexity index is 191. The molecule has 0 saturated carbocycles. The van der Waals surface area contributed by atoms with Gasteiger partial charge in [-0.25, -0.2) is 4.79 Å². The average molecular weight is 224 g/mol. The maximum atomic E-state index is 10.0. The molecule has 1 fully saturated rings. The molecule has 1 aliphatic heterocycles. The highest BCUT2D eigenvalue weighted by atomic mass is 16.6. The Labute approximate surface area is 84.7 Å². The summed E-state index contributed by atoms with van der Waals surface area (Å²) >= 11 is 0. The lowest BCUT2D eigenvalue weighted by atomic mass is 10.4. The zero-order valence-electron chi connectivity index (χ0n) is 7.75. The molecule has 0 aromatic rings. The van der Waals surface area contributed by atoms with Gasteiger partial charge in [0, 0.05) is 0 Å². The Morgan fingerprint density at radius 2 is 1.33 bits per heavy atom. The molecule has 0 aromatic carbocycles. The van der Waals surface area contributed by atoms with E-state index in [1.165, 1.54) is 0 Å². The lowest BCUT2D eigenvalue weighted by molar-refractivity contribution is -0.151. The number of aliphatic hydroxyl groups is 2. The third-order valence-electron chi connectivity index (χ3n) is 0.861. The van der Waals surface area contributed by atoms with Crippen LogP contribution in [-0.4, -0.2) is 51.7 Å². The quantitative estimate of drug-likeness (QED) is 0.329.